The standard InChI is InChI=1S/C12H17N3O3S2.C9H21N.C8H10/c1-4-9-14-12(13)11(20-9)8(16)6-19-10(15(17)18)5-7(2)3;1-5-7-10(4)8-6-9(2)3;1-7-3-5-8(2)6-4-7/h10H,2,4-6,13H2,1,3H3;9H,5-8H2,1-4H3;3-6H,1-2H3. The van der Waals surface area contributed by atoms with Gasteiger partial charge in [-0.3, -0.25) is 14.9 Å². The molecule has 9 heteroatoms. The molecule has 38 heavy (non-hydrogen) atoms. The van der Waals surface area contributed by atoms with Crippen LogP contribution in [-0.2, 0) is 6.42 Å². The molecule has 0 bridgehead atoms. The topological polar surface area (TPSA) is 102 Å². The molecule has 0 aliphatic heterocycles. The highest BCUT2D eigenvalue weighted by molar-refractivity contribution is 8.00. The van der Waals surface area contributed by atoms with Crippen LogP contribution in [0, 0.1) is 29.9 Å². The van der Waals surface area contributed by atoms with E-state index in [1.165, 1.54) is 48.4 Å². The van der Waals surface area contributed by atoms with Gasteiger partial charge in [-0.25, -0.2) is 4.98 Å². The minimum Gasteiger partial charge on any atom is -0.382 e. The number of aromatic nitrogens is 1. The van der Waals surface area contributed by atoms with Crippen molar-refractivity contribution < 1.29 is 9.72 Å². The molecule has 0 aliphatic rings. The van der Waals surface area contributed by atoms with Gasteiger partial charge in [0.05, 0.1) is 10.8 Å². The molecular weight excluding hydrogens is 516 g/mol. The number of nitrogens with zero attached hydrogens (tertiary/aromatic N) is 3. The number of anilines is 1. The SMILES string of the molecule is C=C(C)CC(SCC(=O)c1sc(CC)nc1N)[N+](=O)[O-].CCCN(C)CCC(C)C.Cc1ccc(C)cc1. The van der Waals surface area contributed by atoms with Gasteiger partial charge in [0.2, 0.25) is 0 Å². The Morgan fingerprint density at radius 3 is 2.13 bits per heavy atom. The maximum absolute atomic E-state index is 12.0. The zero-order valence-corrected chi connectivity index (χ0v) is 26.2. The molecule has 0 saturated carbocycles. The van der Waals surface area contributed by atoms with Crippen molar-refractivity contribution in [3.05, 3.63) is 67.5 Å². The number of carbonyl (C=O) groups is 1. The molecule has 1 aromatic heterocycles. The molecule has 0 amide bonds. The lowest BCUT2D eigenvalue weighted by Crippen LogP contribution is -2.21. The van der Waals surface area contributed by atoms with E-state index in [9.17, 15) is 14.9 Å². The summed E-state index contributed by atoms with van der Waals surface area (Å²) < 4.78 is 0. The average molecular weight is 565 g/mol. The van der Waals surface area contributed by atoms with Gasteiger partial charge < -0.3 is 10.6 Å². The van der Waals surface area contributed by atoms with Gasteiger partial charge >= 0.3 is 0 Å². The molecule has 1 unspecified atom stereocenters. The Balaban J connectivity index is 0.000000629. The lowest BCUT2D eigenvalue weighted by atomic mass is 10.1. The van der Waals surface area contributed by atoms with E-state index in [1.807, 2.05) is 6.92 Å². The fourth-order valence-corrected chi connectivity index (χ4v) is 5.03. The summed E-state index contributed by atoms with van der Waals surface area (Å²) in [4.78, 5) is 29.4. The molecule has 0 radical (unpaired) electrons. The molecule has 0 spiro atoms. The van der Waals surface area contributed by atoms with Gasteiger partial charge in [-0.1, -0.05) is 87.0 Å². The zero-order valence-electron chi connectivity index (χ0n) is 24.6. The summed E-state index contributed by atoms with van der Waals surface area (Å²) in [6.07, 6.45) is 3.57. The number of rotatable bonds is 13. The number of benzene rings is 1. The predicted molar refractivity (Wildman–Crippen MR) is 166 cm³/mol. The van der Waals surface area contributed by atoms with E-state index in [2.05, 4.69) is 82.4 Å². The van der Waals surface area contributed by atoms with Crippen LogP contribution in [0.3, 0.4) is 0 Å². The third kappa shape index (κ3) is 16.6. The third-order valence-electron chi connectivity index (χ3n) is 5.33. The number of nitro groups is 1. The Morgan fingerprint density at radius 2 is 1.74 bits per heavy atom. The highest BCUT2D eigenvalue weighted by Gasteiger charge is 2.24. The second kappa shape index (κ2) is 19.8. The highest BCUT2D eigenvalue weighted by Crippen LogP contribution is 2.25. The van der Waals surface area contributed by atoms with E-state index in [0.29, 0.717) is 11.3 Å². The summed E-state index contributed by atoms with van der Waals surface area (Å²) in [5.41, 5.74) is 9.06. The fourth-order valence-electron chi connectivity index (χ4n) is 3.07. The zero-order chi connectivity index (χ0) is 29.3. The quantitative estimate of drug-likeness (QED) is 0.0886. The van der Waals surface area contributed by atoms with Gasteiger partial charge in [0, 0.05) is 11.3 Å². The Bertz CT molecular complexity index is 954. The van der Waals surface area contributed by atoms with E-state index < -0.39 is 5.37 Å². The molecule has 7 nitrogen and oxygen atoms in total. The normalized spacial score (nSPS) is 11.3. The monoisotopic (exact) mass is 564 g/mol. The first-order valence-electron chi connectivity index (χ1n) is 13.2. The maximum atomic E-state index is 12.0. The smallest absolute Gasteiger partial charge is 0.262 e. The first-order chi connectivity index (χ1) is 17.8. The Hall–Kier alpha value is -2.23. The molecule has 2 rings (SSSR count). The van der Waals surface area contributed by atoms with Crippen LogP contribution in [0.1, 0.15) is 79.7 Å². The number of thioether (sulfide) groups is 1. The maximum Gasteiger partial charge on any atom is 0.262 e. The van der Waals surface area contributed by atoms with E-state index >= 15 is 0 Å². The second-order valence-electron chi connectivity index (χ2n) is 9.95. The Kier molecular flexibility index (Phi) is 18.6. The number of thiazole rings is 1. The van der Waals surface area contributed by atoms with Gasteiger partial charge in [-0.2, -0.15) is 0 Å². The molecule has 2 N–H and O–H groups in total. The summed E-state index contributed by atoms with van der Waals surface area (Å²) in [5, 5.41) is 10.8. The molecule has 1 heterocycles. The van der Waals surface area contributed by atoms with Crippen LogP contribution >= 0.6 is 23.1 Å². The summed E-state index contributed by atoms with van der Waals surface area (Å²) in [7, 11) is 2.20. The van der Waals surface area contributed by atoms with Gasteiger partial charge in [-0.15, -0.1) is 11.3 Å². The van der Waals surface area contributed by atoms with Crippen molar-refractivity contribution in [2.24, 2.45) is 5.92 Å². The van der Waals surface area contributed by atoms with Gasteiger partial charge in [0.15, 0.2) is 5.78 Å². The summed E-state index contributed by atoms with van der Waals surface area (Å²) in [6, 6.07) is 8.48. The van der Waals surface area contributed by atoms with Crippen molar-refractivity contribution >= 4 is 34.7 Å². The van der Waals surface area contributed by atoms with Crippen LogP contribution < -0.4 is 5.73 Å². The molecular formula is C29H48N4O3S2. The van der Waals surface area contributed by atoms with Gasteiger partial charge in [0.1, 0.15) is 10.7 Å². The van der Waals surface area contributed by atoms with Crippen molar-refractivity contribution in [1.82, 2.24) is 9.88 Å². The minimum absolute atomic E-state index is 0.0223. The molecule has 0 saturated heterocycles. The minimum atomic E-state index is -0.851. The third-order valence-corrected chi connectivity index (χ3v) is 7.74. The number of aryl methyl sites for hydroxylation is 3. The molecule has 0 aliphatic carbocycles. The number of Topliss-reactive ketones (excluding diaryl/α,β-unsaturated/α-hetero) is 1. The summed E-state index contributed by atoms with van der Waals surface area (Å²) in [5.74, 6) is 0.877. The van der Waals surface area contributed by atoms with Gasteiger partial charge in [0.25, 0.3) is 5.37 Å². The van der Waals surface area contributed by atoms with Crippen LogP contribution in [0.4, 0.5) is 5.82 Å². The molecule has 214 valence electrons. The molecule has 2 aromatic rings. The first-order valence-corrected chi connectivity index (χ1v) is 15.1. The number of nitrogens with two attached hydrogens (primary N) is 1. The fraction of sp³-hybridized carbons (Fsp3) is 0.586. The van der Waals surface area contributed by atoms with Crippen molar-refractivity contribution in [2.75, 3.05) is 31.6 Å². The lowest BCUT2D eigenvalue weighted by Gasteiger charge is -2.16. The van der Waals surface area contributed by atoms with E-state index in [-0.39, 0.29) is 28.7 Å². The Labute approximate surface area is 238 Å². The van der Waals surface area contributed by atoms with E-state index in [0.717, 1.165) is 28.3 Å². The number of carbonyl (C=O) groups excluding carboxylic acids is 1. The summed E-state index contributed by atoms with van der Waals surface area (Å²) in [6.45, 7) is 20.8. The molecule has 0 fully saturated rings. The highest BCUT2D eigenvalue weighted by atomic mass is 32.2. The number of hydrogen-bond donors (Lipinski definition) is 1. The van der Waals surface area contributed by atoms with Crippen molar-refractivity contribution in [1.29, 1.82) is 0 Å². The largest absolute Gasteiger partial charge is 0.382 e. The van der Waals surface area contributed by atoms with Crippen LogP contribution in [0.15, 0.2) is 36.4 Å². The van der Waals surface area contributed by atoms with Crippen molar-refractivity contribution in [2.45, 2.75) is 79.5 Å². The van der Waals surface area contributed by atoms with Crippen LogP contribution in [0.5, 0.6) is 0 Å². The lowest BCUT2D eigenvalue weighted by molar-refractivity contribution is -0.494. The van der Waals surface area contributed by atoms with E-state index in [4.69, 9.17) is 5.73 Å². The number of hydrogen-bond acceptors (Lipinski definition) is 8. The molecule has 1 aromatic carbocycles. The molecule has 1 atom stereocenters. The van der Waals surface area contributed by atoms with Crippen LogP contribution in [0.25, 0.3) is 0 Å². The second-order valence-corrected chi connectivity index (χ2v) is 12.2. The summed E-state index contributed by atoms with van der Waals surface area (Å²) >= 11 is 2.26. The van der Waals surface area contributed by atoms with E-state index in [1.54, 1.807) is 6.92 Å². The number of nitrogen functional groups attached to an aromatic ring is 1. The average Bonchev–Trinajstić information content (AvgIpc) is 3.23. The predicted octanol–water partition coefficient (Wildman–Crippen LogP) is 7.45. The number of ketones is 1. The van der Waals surface area contributed by atoms with Crippen molar-refractivity contribution in [3.8, 4) is 0 Å². The van der Waals surface area contributed by atoms with Crippen molar-refractivity contribution in [3.63, 3.8) is 0 Å². The van der Waals surface area contributed by atoms with Crippen LogP contribution in [0.2, 0.25) is 0 Å². The van der Waals surface area contributed by atoms with Crippen LogP contribution in [-0.4, -0.2) is 51.9 Å². The Morgan fingerprint density at radius 1 is 1.18 bits per heavy atom. The van der Waals surface area contributed by atoms with Gasteiger partial charge in [-0.05, 0) is 66.1 Å². The first kappa shape index (κ1) is 35.8.